The van der Waals surface area contributed by atoms with E-state index in [-0.39, 0.29) is 10.0 Å². The van der Waals surface area contributed by atoms with Crippen molar-refractivity contribution in [3.05, 3.63) is 0 Å². The highest BCUT2D eigenvalue weighted by molar-refractivity contribution is 14.1. The quantitative estimate of drug-likeness (QED) is 0.561. The van der Waals surface area contributed by atoms with Gasteiger partial charge in [0.25, 0.3) is 0 Å². The van der Waals surface area contributed by atoms with Crippen LogP contribution in [-0.2, 0) is 4.74 Å². The van der Waals surface area contributed by atoms with E-state index in [9.17, 15) is 9.50 Å². The largest absolute Gasteiger partial charge is 0.389 e. The Hall–Kier alpha value is 0.580. The van der Waals surface area contributed by atoms with E-state index >= 15 is 0 Å². The molecule has 0 spiro atoms. The van der Waals surface area contributed by atoms with Gasteiger partial charge < -0.3 is 9.84 Å². The molecule has 2 nitrogen and oxygen atoms in total. The molecule has 0 aliphatic carbocycles. The standard InChI is InChI=1S/C6H10FIO2/c1-3-5(8)6(9)4(2-7)10-3/h3-6,9H,2H2,1H3/t3-,4?,5-,6+/m0/s1. The molecule has 0 saturated carbocycles. The van der Waals surface area contributed by atoms with E-state index in [4.69, 9.17) is 4.74 Å². The van der Waals surface area contributed by atoms with Gasteiger partial charge in [0.1, 0.15) is 12.8 Å². The van der Waals surface area contributed by atoms with Crippen molar-refractivity contribution in [3.63, 3.8) is 0 Å². The maximum atomic E-state index is 12.0. The second-order valence-electron chi connectivity index (χ2n) is 2.47. The molecule has 1 fully saturated rings. The van der Waals surface area contributed by atoms with Crippen LogP contribution in [0.2, 0.25) is 0 Å². The molecular formula is C6H10FIO2. The molecular weight excluding hydrogens is 250 g/mol. The van der Waals surface area contributed by atoms with E-state index in [0.29, 0.717) is 0 Å². The van der Waals surface area contributed by atoms with Gasteiger partial charge in [-0.15, -0.1) is 0 Å². The summed E-state index contributed by atoms with van der Waals surface area (Å²) in [5.74, 6) is 0. The Bertz CT molecular complexity index is 122. The van der Waals surface area contributed by atoms with E-state index in [2.05, 4.69) is 22.6 Å². The molecule has 0 amide bonds. The zero-order chi connectivity index (χ0) is 7.72. The Labute approximate surface area is 72.9 Å². The lowest BCUT2D eigenvalue weighted by Gasteiger charge is -2.09. The molecule has 1 aliphatic heterocycles. The van der Waals surface area contributed by atoms with Gasteiger partial charge in [-0.05, 0) is 6.92 Å². The van der Waals surface area contributed by atoms with E-state index in [1.54, 1.807) is 0 Å². The molecule has 0 bridgehead atoms. The number of halogens is 2. The molecule has 60 valence electrons. The van der Waals surface area contributed by atoms with E-state index in [0.717, 1.165) is 0 Å². The lowest BCUT2D eigenvalue weighted by atomic mass is 10.2. The second kappa shape index (κ2) is 3.32. The first-order valence-corrected chi connectivity index (χ1v) is 4.45. The molecule has 1 rings (SSSR count). The van der Waals surface area contributed by atoms with Crippen molar-refractivity contribution in [2.24, 2.45) is 0 Å². The SMILES string of the molecule is C[C@@H]1OC(CF)[C@@H](O)[C@H]1I. The van der Waals surface area contributed by atoms with Crippen molar-refractivity contribution < 1.29 is 14.2 Å². The molecule has 10 heavy (non-hydrogen) atoms. The van der Waals surface area contributed by atoms with Crippen LogP contribution in [0.5, 0.6) is 0 Å². The highest BCUT2D eigenvalue weighted by Gasteiger charge is 2.39. The minimum absolute atomic E-state index is 0.0262. The molecule has 0 aromatic carbocycles. The van der Waals surface area contributed by atoms with Crippen molar-refractivity contribution in [1.82, 2.24) is 0 Å². The summed E-state index contributed by atoms with van der Waals surface area (Å²) in [4.78, 5) is 0. The summed E-state index contributed by atoms with van der Waals surface area (Å²) in [5.41, 5.74) is 0. The Morgan fingerprint density at radius 3 is 2.50 bits per heavy atom. The maximum Gasteiger partial charge on any atom is 0.118 e. The van der Waals surface area contributed by atoms with Gasteiger partial charge in [-0.2, -0.15) is 0 Å². The van der Waals surface area contributed by atoms with E-state index < -0.39 is 18.9 Å². The van der Waals surface area contributed by atoms with Gasteiger partial charge in [0.15, 0.2) is 0 Å². The molecule has 1 N–H and O–H groups in total. The van der Waals surface area contributed by atoms with Gasteiger partial charge in [-0.1, -0.05) is 22.6 Å². The Balaban J connectivity index is 2.53. The summed E-state index contributed by atoms with van der Waals surface area (Å²) in [6, 6.07) is 0. The van der Waals surface area contributed by atoms with Crippen LogP contribution >= 0.6 is 22.6 Å². The molecule has 4 heteroatoms. The molecule has 1 aliphatic rings. The zero-order valence-corrected chi connectivity index (χ0v) is 7.79. The number of ether oxygens (including phenoxy) is 1. The van der Waals surface area contributed by atoms with Gasteiger partial charge in [0.05, 0.1) is 16.1 Å². The van der Waals surface area contributed by atoms with Crippen LogP contribution in [-0.4, -0.2) is 34.0 Å². The maximum absolute atomic E-state index is 12.0. The summed E-state index contributed by atoms with van der Waals surface area (Å²) in [6.45, 7) is 1.25. The number of hydrogen-bond acceptors (Lipinski definition) is 2. The third kappa shape index (κ3) is 1.43. The zero-order valence-electron chi connectivity index (χ0n) is 5.63. The molecule has 1 heterocycles. The Kier molecular flexibility index (Phi) is 2.88. The fourth-order valence-corrected chi connectivity index (χ4v) is 1.67. The summed E-state index contributed by atoms with van der Waals surface area (Å²) >= 11 is 2.08. The van der Waals surface area contributed by atoms with Crippen LogP contribution in [0.25, 0.3) is 0 Å². The number of alkyl halides is 2. The molecule has 0 aromatic rings. The van der Waals surface area contributed by atoms with Crippen LogP contribution in [0.4, 0.5) is 4.39 Å². The summed E-state index contributed by atoms with van der Waals surface area (Å²) in [6.07, 6.45) is -1.27. The number of hydrogen-bond donors (Lipinski definition) is 1. The van der Waals surface area contributed by atoms with Gasteiger partial charge in [-0.3, -0.25) is 0 Å². The number of aliphatic hydroxyl groups is 1. The number of aliphatic hydroxyl groups excluding tert-OH is 1. The third-order valence-electron chi connectivity index (χ3n) is 1.70. The van der Waals surface area contributed by atoms with Gasteiger partial charge >= 0.3 is 0 Å². The smallest absolute Gasteiger partial charge is 0.118 e. The van der Waals surface area contributed by atoms with Crippen LogP contribution < -0.4 is 0 Å². The minimum atomic E-state index is -0.638. The molecule has 4 atom stereocenters. The third-order valence-corrected chi connectivity index (χ3v) is 3.45. The van der Waals surface area contributed by atoms with Gasteiger partial charge in [0.2, 0.25) is 0 Å². The monoisotopic (exact) mass is 260 g/mol. The van der Waals surface area contributed by atoms with Crippen LogP contribution in [0.3, 0.4) is 0 Å². The lowest BCUT2D eigenvalue weighted by Crippen LogP contribution is -2.28. The van der Waals surface area contributed by atoms with Gasteiger partial charge in [0, 0.05) is 0 Å². The molecule has 1 saturated heterocycles. The van der Waals surface area contributed by atoms with Crippen molar-refractivity contribution >= 4 is 22.6 Å². The second-order valence-corrected chi connectivity index (χ2v) is 3.91. The number of rotatable bonds is 1. The topological polar surface area (TPSA) is 29.5 Å². The van der Waals surface area contributed by atoms with Crippen molar-refractivity contribution in [1.29, 1.82) is 0 Å². The van der Waals surface area contributed by atoms with Crippen molar-refractivity contribution in [2.75, 3.05) is 6.67 Å². The first-order chi connectivity index (χ1) is 4.66. The first-order valence-electron chi connectivity index (χ1n) is 3.20. The molecule has 0 radical (unpaired) electrons. The Morgan fingerprint density at radius 1 is 1.70 bits per heavy atom. The average Bonchev–Trinajstić information content (AvgIpc) is 2.17. The summed E-state index contributed by atoms with van der Waals surface area (Å²) in [7, 11) is 0. The van der Waals surface area contributed by atoms with Crippen molar-refractivity contribution in [2.45, 2.75) is 29.2 Å². The normalized spacial score (nSPS) is 48.0. The van der Waals surface area contributed by atoms with Gasteiger partial charge in [-0.25, -0.2) is 4.39 Å². The van der Waals surface area contributed by atoms with E-state index in [1.165, 1.54) is 0 Å². The predicted molar refractivity (Wildman–Crippen MR) is 44.1 cm³/mol. The highest BCUT2D eigenvalue weighted by Crippen LogP contribution is 2.27. The highest BCUT2D eigenvalue weighted by atomic mass is 127. The van der Waals surface area contributed by atoms with E-state index in [1.807, 2.05) is 6.92 Å². The van der Waals surface area contributed by atoms with Crippen molar-refractivity contribution in [3.8, 4) is 0 Å². The summed E-state index contributed by atoms with van der Waals surface area (Å²) in [5, 5.41) is 9.26. The minimum Gasteiger partial charge on any atom is -0.389 e. The predicted octanol–water partition coefficient (Wildman–Crippen LogP) is 0.908. The van der Waals surface area contributed by atoms with Crippen LogP contribution in [0, 0.1) is 0 Å². The molecule has 1 unspecified atom stereocenters. The molecule has 0 aromatic heterocycles. The average molecular weight is 260 g/mol. The Morgan fingerprint density at radius 2 is 2.30 bits per heavy atom. The first kappa shape index (κ1) is 8.67. The summed E-state index contributed by atoms with van der Waals surface area (Å²) < 4.78 is 17.1. The fourth-order valence-electron chi connectivity index (χ4n) is 1.04. The fraction of sp³-hybridized carbons (Fsp3) is 1.00. The van der Waals surface area contributed by atoms with Crippen LogP contribution in [0.15, 0.2) is 0 Å². The van der Waals surface area contributed by atoms with Crippen LogP contribution in [0.1, 0.15) is 6.92 Å². The lowest BCUT2D eigenvalue weighted by molar-refractivity contribution is 0.00206.